The van der Waals surface area contributed by atoms with E-state index < -0.39 is 67.4 Å². The summed E-state index contributed by atoms with van der Waals surface area (Å²) < 4.78 is 17.7. The molecule has 1 aliphatic rings. The highest BCUT2D eigenvalue weighted by Gasteiger charge is 2.47. The van der Waals surface area contributed by atoms with Crippen LogP contribution in [-0.4, -0.2) is 99.6 Å². The van der Waals surface area contributed by atoms with E-state index in [0.29, 0.717) is 12.8 Å². The Kier molecular flexibility index (Phi) is 59.2. The Hall–Kier alpha value is -2.64. The fourth-order valence-electron chi connectivity index (χ4n) is 11.4. The van der Waals surface area contributed by atoms with Crippen LogP contribution in [0.25, 0.3) is 0 Å². The van der Waals surface area contributed by atoms with Crippen LogP contribution < -0.4 is 5.32 Å². The maximum atomic E-state index is 13.5. The molecule has 8 unspecified atom stereocenters. The van der Waals surface area contributed by atoms with Crippen molar-refractivity contribution >= 4 is 11.9 Å². The molecule has 1 aliphatic heterocycles. The zero-order chi connectivity index (χ0) is 62.4. The predicted octanol–water partition coefficient (Wildman–Crippen LogP) is 18.9. The lowest BCUT2D eigenvalue weighted by Gasteiger charge is -2.41. The minimum absolute atomic E-state index is 0.126. The number of aliphatic hydroxyl groups excluding tert-OH is 5. The van der Waals surface area contributed by atoms with Crippen LogP contribution in [0, 0.1) is 0 Å². The van der Waals surface area contributed by atoms with E-state index in [-0.39, 0.29) is 19.4 Å². The number of hydrogen-bond acceptors (Lipinski definition) is 10. The number of carbonyl (C=O) groups excluding carboxylic acids is 2. The lowest BCUT2D eigenvalue weighted by atomic mass is 9.99. The third-order valence-corrected chi connectivity index (χ3v) is 17.2. The summed E-state index contributed by atoms with van der Waals surface area (Å²) in [5.74, 6) is -1.19. The molecule has 1 saturated heterocycles. The van der Waals surface area contributed by atoms with Crippen molar-refractivity contribution in [3.63, 3.8) is 0 Å². The van der Waals surface area contributed by atoms with Crippen LogP contribution >= 0.6 is 0 Å². The highest BCUT2D eigenvalue weighted by molar-refractivity contribution is 5.80. The summed E-state index contributed by atoms with van der Waals surface area (Å²) in [6.07, 6.45) is 69.7. The normalized spacial score (nSPS) is 18.6. The zero-order valence-corrected chi connectivity index (χ0v) is 55.9. The molecule has 0 saturated carbocycles. The van der Waals surface area contributed by atoms with Crippen molar-refractivity contribution in [1.29, 1.82) is 0 Å². The maximum Gasteiger partial charge on any atom is 0.306 e. The van der Waals surface area contributed by atoms with E-state index in [9.17, 15) is 35.1 Å². The highest BCUT2D eigenvalue weighted by atomic mass is 16.7. The summed E-state index contributed by atoms with van der Waals surface area (Å²) >= 11 is 0. The average Bonchev–Trinajstić information content (AvgIpc) is 3.68. The van der Waals surface area contributed by atoms with Crippen LogP contribution in [-0.2, 0) is 23.8 Å². The van der Waals surface area contributed by atoms with Crippen LogP contribution in [0.2, 0.25) is 0 Å². The lowest BCUT2D eigenvalue weighted by Crippen LogP contribution is -2.61. The molecule has 0 aromatic carbocycles. The van der Waals surface area contributed by atoms with Crippen molar-refractivity contribution in [2.75, 3.05) is 13.2 Å². The van der Waals surface area contributed by atoms with E-state index in [1.165, 1.54) is 212 Å². The summed E-state index contributed by atoms with van der Waals surface area (Å²) in [6.45, 7) is 5.81. The number of hydrogen-bond donors (Lipinski definition) is 6. The molecular weight excluding hydrogens is 1070 g/mol. The van der Waals surface area contributed by atoms with Gasteiger partial charge in [0.1, 0.15) is 24.4 Å². The molecule has 0 bridgehead atoms. The number of rotatable bonds is 63. The number of amides is 1. The van der Waals surface area contributed by atoms with E-state index >= 15 is 0 Å². The second kappa shape index (κ2) is 62.5. The molecule has 0 spiro atoms. The average molecular weight is 1210 g/mol. The Morgan fingerprint density at radius 2 is 0.802 bits per heavy atom. The second-order valence-corrected chi connectivity index (χ2v) is 25.3. The number of carbonyl (C=O) groups is 2. The van der Waals surface area contributed by atoms with Gasteiger partial charge in [0.2, 0.25) is 5.91 Å². The fraction of sp³-hybridized carbons (Fsp3) is 0.840. The van der Waals surface area contributed by atoms with Gasteiger partial charge in [-0.05, 0) is 70.6 Å². The first-order valence-corrected chi connectivity index (χ1v) is 36.6. The molecule has 1 rings (SSSR count). The molecule has 0 aliphatic carbocycles. The number of esters is 1. The topological polar surface area (TPSA) is 175 Å². The Morgan fingerprint density at radius 3 is 1.22 bits per heavy atom. The highest BCUT2D eigenvalue weighted by Crippen LogP contribution is 2.26. The summed E-state index contributed by atoms with van der Waals surface area (Å²) in [4.78, 5) is 26.7. The summed E-state index contributed by atoms with van der Waals surface area (Å²) in [7, 11) is 0. The monoisotopic (exact) mass is 1210 g/mol. The molecule has 1 fully saturated rings. The quantitative estimate of drug-likeness (QED) is 0.0195. The van der Waals surface area contributed by atoms with Crippen molar-refractivity contribution in [3.05, 3.63) is 60.8 Å². The number of ether oxygens (including phenoxy) is 3. The van der Waals surface area contributed by atoms with E-state index in [1.54, 1.807) is 6.08 Å². The number of allylic oxidation sites excluding steroid dienone is 9. The smallest absolute Gasteiger partial charge is 0.306 e. The molecule has 1 heterocycles. The van der Waals surface area contributed by atoms with Gasteiger partial charge in [-0.1, -0.05) is 326 Å². The third kappa shape index (κ3) is 49.2. The van der Waals surface area contributed by atoms with Gasteiger partial charge in [0.05, 0.1) is 25.4 Å². The Labute approximate surface area is 528 Å². The third-order valence-electron chi connectivity index (χ3n) is 17.2. The zero-order valence-electron chi connectivity index (χ0n) is 55.9. The number of unbranched alkanes of at least 4 members (excludes halogenated alkanes) is 41. The van der Waals surface area contributed by atoms with Crippen LogP contribution in [0.3, 0.4) is 0 Å². The molecule has 8 atom stereocenters. The van der Waals surface area contributed by atoms with Crippen molar-refractivity contribution in [2.24, 2.45) is 0 Å². The van der Waals surface area contributed by atoms with Crippen molar-refractivity contribution < 1.29 is 49.3 Å². The molecule has 11 heteroatoms. The van der Waals surface area contributed by atoms with Crippen molar-refractivity contribution in [2.45, 2.75) is 391 Å². The first-order valence-electron chi connectivity index (χ1n) is 36.6. The Morgan fingerprint density at radius 1 is 0.453 bits per heavy atom. The van der Waals surface area contributed by atoms with Gasteiger partial charge >= 0.3 is 5.97 Å². The molecule has 11 nitrogen and oxygen atoms in total. The Bertz CT molecular complexity index is 1630. The van der Waals surface area contributed by atoms with E-state index in [1.807, 2.05) is 6.08 Å². The summed E-state index contributed by atoms with van der Waals surface area (Å²) in [5, 5.41) is 57.3. The Balaban J connectivity index is 2.57. The summed E-state index contributed by atoms with van der Waals surface area (Å²) in [5.41, 5.74) is 0. The molecule has 502 valence electrons. The van der Waals surface area contributed by atoms with E-state index in [0.717, 1.165) is 83.5 Å². The molecule has 0 aromatic rings. The van der Waals surface area contributed by atoms with Gasteiger partial charge in [0.15, 0.2) is 12.4 Å². The fourth-order valence-corrected chi connectivity index (χ4v) is 11.4. The van der Waals surface area contributed by atoms with Gasteiger partial charge < -0.3 is 45.1 Å². The molecule has 6 N–H and O–H groups in total. The minimum atomic E-state index is -1.61. The standard InChI is InChI=1S/C75H137NO10/c1-4-7-10-13-16-19-22-25-27-29-31-33-34-35-37-38-40-42-44-47-50-53-56-59-62-68(79)74(83)76-66(67(78)61-58-55-52-49-46-24-21-18-15-12-9-6-3)65-84-75-73(72(82)71(81)69(64-77)85-75)86-70(80)63-60-57-54-51-48-45-43-41-39-36-32-30-28-26-23-20-17-14-11-8-5-2/h16,19,25,27,31,33,35,37,58,61,66-69,71-73,75,77-79,81-82H,4-15,17-18,20-24,26,28-30,32,34,36,38-57,59-60,62-65H2,1-3H3,(H,76,83)/b19-16-,27-25-,33-31-,37-35-,61-58+. The SMILES string of the molecule is CCCCC/C=C\C/C=C\C/C=C\C/C=C\CCCCCCCCCCC(O)C(=O)NC(COC1OC(CO)C(O)C(O)C1OC(=O)CCCCCCCCCCCCCCCCCCCCCCC)C(O)/C=C/CCCCCCCCCCCC. The van der Waals surface area contributed by atoms with Crippen LogP contribution in [0.5, 0.6) is 0 Å². The molecule has 1 amide bonds. The summed E-state index contributed by atoms with van der Waals surface area (Å²) in [6, 6.07) is -1.03. The van der Waals surface area contributed by atoms with Gasteiger partial charge in [0.25, 0.3) is 0 Å². The molecule has 0 radical (unpaired) electrons. The molecule has 86 heavy (non-hydrogen) atoms. The minimum Gasteiger partial charge on any atom is -0.454 e. The van der Waals surface area contributed by atoms with Gasteiger partial charge in [-0.15, -0.1) is 0 Å². The van der Waals surface area contributed by atoms with Gasteiger partial charge in [0, 0.05) is 6.42 Å². The van der Waals surface area contributed by atoms with E-state index in [2.05, 4.69) is 74.7 Å². The van der Waals surface area contributed by atoms with Crippen molar-refractivity contribution in [1.82, 2.24) is 5.32 Å². The van der Waals surface area contributed by atoms with E-state index in [4.69, 9.17) is 14.2 Å². The second-order valence-electron chi connectivity index (χ2n) is 25.3. The van der Waals surface area contributed by atoms with Crippen LogP contribution in [0.1, 0.15) is 342 Å². The van der Waals surface area contributed by atoms with Crippen LogP contribution in [0.4, 0.5) is 0 Å². The maximum absolute atomic E-state index is 13.5. The van der Waals surface area contributed by atoms with Crippen molar-refractivity contribution in [3.8, 4) is 0 Å². The van der Waals surface area contributed by atoms with Gasteiger partial charge in [-0.25, -0.2) is 0 Å². The first-order chi connectivity index (χ1) is 42.2. The largest absolute Gasteiger partial charge is 0.454 e. The van der Waals surface area contributed by atoms with Crippen LogP contribution in [0.15, 0.2) is 60.8 Å². The number of aliphatic hydroxyl groups is 5. The first kappa shape index (κ1) is 81.4. The number of nitrogens with one attached hydrogen (secondary N) is 1. The predicted molar refractivity (Wildman–Crippen MR) is 361 cm³/mol. The van der Waals surface area contributed by atoms with Gasteiger partial charge in [-0.2, -0.15) is 0 Å². The lowest BCUT2D eigenvalue weighted by molar-refractivity contribution is -0.305. The van der Waals surface area contributed by atoms with Gasteiger partial charge in [-0.3, -0.25) is 9.59 Å². The molecular formula is C75H137NO10. The molecule has 0 aromatic heterocycles.